The lowest BCUT2D eigenvalue weighted by Crippen LogP contribution is -2.43. The summed E-state index contributed by atoms with van der Waals surface area (Å²) in [5.74, 6) is -1.36. The first-order valence-electron chi connectivity index (χ1n) is 8.37. The van der Waals surface area contributed by atoms with Crippen LogP contribution in [0.4, 0.5) is 0 Å². The van der Waals surface area contributed by atoms with E-state index in [1.54, 1.807) is 24.3 Å². The molecular formula is C20H19NO4PS+. The summed E-state index contributed by atoms with van der Waals surface area (Å²) >= 11 is 1.30. The van der Waals surface area contributed by atoms with Crippen molar-refractivity contribution in [3.8, 4) is 0 Å². The van der Waals surface area contributed by atoms with Crippen molar-refractivity contribution in [3.63, 3.8) is 0 Å². The van der Waals surface area contributed by atoms with Gasteiger partial charge in [0.1, 0.15) is 5.03 Å². The fourth-order valence-electron chi connectivity index (χ4n) is 2.74. The number of nitrogens with zero attached hydrogens (tertiary/aromatic N) is 1. The summed E-state index contributed by atoms with van der Waals surface area (Å²) in [5, 5.41) is 21.7. The third-order valence-corrected chi connectivity index (χ3v) is 7.17. The Morgan fingerprint density at radius 1 is 1.04 bits per heavy atom. The van der Waals surface area contributed by atoms with E-state index in [-0.39, 0.29) is 18.1 Å². The highest BCUT2D eigenvalue weighted by molar-refractivity contribution is 8.03. The molecule has 0 amide bonds. The Balaban J connectivity index is 1.64. The second kappa shape index (κ2) is 8.61. The smallest absolute Gasteiger partial charge is 0.353 e. The fourth-order valence-corrected chi connectivity index (χ4v) is 5.36. The van der Waals surface area contributed by atoms with Crippen molar-refractivity contribution in [2.24, 2.45) is 0 Å². The van der Waals surface area contributed by atoms with Crippen LogP contribution in [0.3, 0.4) is 0 Å². The van der Waals surface area contributed by atoms with Crippen molar-refractivity contribution in [1.29, 1.82) is 0 Å². The number of rotatable bonds is 8. The SMILES string of the molecule is O=C(O)C(O)(Cc1ccccc1)C[P+](=O)CSc1ccc2ccccc2n1. The molecule has 0 bridgehead atoms. The van der Waals surface area contributed by atoms with Gasteiger partial charge >= 0.3 is 13.8 Å². The van der Waals surface area contributed by atoms with Gasteiger partial charge in [0.25, 0.3) is 0 Å². The van der Waals surface area contributed by atoms with Crippen molar-refractivity contribution < 1.29 is 19.6 Å². The molecule has 1 aromatic heterocycles. The van der Waals surface area contributed by atoms with Gasteiger partial charge in [0, 0.05) is 11.8 Å². The van der Waals surface area contributed by atoms with Crippen LogP contribution in [0.2, 0.25) is 0 Å². The van der Waals surface area contributed by atoms with Crippen LogP contribution in [0.15, 0.2) is 71.8 Å². The second-order valence-corrected chi connectivity index (χ2v) is 9.27. The molecule has 2 unspecified atom stereocenters. The Morgan fingerprint density at radius 2 is 1.74 bits per heavy atom. The topological polar surface area (TPSA) is 87.5 Å². The molecule has 0 saturated carbocycles. The highest BCUT2D eigenvalue weighted by atomic mass is 32.2. The number of aliphatic carboxylic acids is 1. The zero-order valence-electron chi connectivity index (χ0n) is 14.5. The van der Waals surface area contributed by atoms with Crippen LogP contribution in [-0.4, -0.2) is 38.4 Å². The molecule has 0 radical (unpaired) electrons. The van der Waals surface area contributed by atoms with Crippen molar-refractivity contribution >= 4 is 36.4 Å². The van der Waals surface area contributed by atoms with Gasteiger partial charge in [0.05, 0.1) is 5.52 Å². The van der Waals surface area contributed by atoms with E-state index in [0.717, 1.165) is 15.9 Å². The Kier molecular flexibility index (Phi) is 6.22. The van der Waals surface area contributed by atoms with E-state index >= 15 is 0 Å². The molecule has 0 aliphatic carbocycles. The van der Waals surface area contributed by atoms with Gasteiger partial charge in [-0.1, -0.05) is 70.9 Å². The summed E-state index contributed by atoms with van der Waals surface area (Å²) in [5.41, 5.74) is -0.310. The lowest BCUT2D eigenvalue weighted by atomic mass is 9.97. The predicted molar refractivity (Wildman–Crippen MR) is 108 cm³/mol. The highest BCUT2D eigenvalue weighted by Crippen LogP contribution is 2.35. The number of aromatic nitrogens is 1. The largest absolute Gasteiger partial charge is 0.479 e. The molecule has 0 aliphatic rings. The normalized spacial score (nSPS) is 13.9. The molecule has 27 heavy (non-hydrogen) atoms. The number of para-hydroxylation sites is 1. The molecule has 138 valence electrons. The zero-order chi connectivity index (χ0) is 19.3. The Bertz CT molecular complexity index is 966. The van der Waals surface area contributed by atoms with Crippen LogP contribution in [-0.2, 0) is 15.8 Å². The maximum atomic E-state index is 12.5. The van der Waals surface area contributed by atoms with E-state index in [2.05, 4.69) is 4.98 Å². The number of hydrogen-bond acceptors (Lipinski definition) is 5. The maximum absolute atomic E-state index is 12.5. The summed E-state index contributed by atoms with van der Waals surface area (Å²) < 4.78 is 12.5. The monoisotopic (exact) mass is 400 g/mol. The third kappa shape index (κ3) is 5.13. The lowest BCUT2D eigenvalue weighted by Gasteiger charge is -2.18. The fraction of sp³-hybridized carbons (Fsp3) is 0.200. The van der Waals surface area contributed by atoms with E-state index in [4.69, 9.17) is 0 Å². The zero-order valence-corrected chi connectivity index (χ0v) is 16.2. The summed E-state index contributed by atoms with van der Waals surface area (Å²) in [6.45, 7) is 0. The Hall–Kier alpha value is -2.27. The number of fused-ring (bicyclic) bond motifs is 1. The molecule has 0 saturated heterocycles. The van der Waals surface area contributed by atoms with Gasteiger partial charge in [-0.2, -0.15) is 0 Å². The third-order valence-electron chi connectivity index (χ3n) is 4.10. The highest BCUT2D eigenvalue weighted by Gasteiger charge is 2.43. The van der Waals surface area contributed by atoms with Gasteiger partial charge in [-0.25, -0.2) is 9.78 Å². The van der Waals surface area contributed by atoms with Crippen molar-refractivity contribution in [3.05, 3.63) is 72.3 Å². The quantitative estimate of drug-likeness (QED) is 0.436. The maximum Gasteiger partial charge on any atom is 0.353 e. The minimum atomic E-state index is -2.05. The van der Waals surface area contributed by atoms with Crippen LogP contribution in [0.25, 0.3) is 10.9 Å². The molecule has 0 spiro atoms. The van der Waals surface area contributed by atoms with Gasteiger partial charge in [0.2, 0.25) is 5.60 Å². The molecule has 1 heterocycles. The molecule has 3 rings (SSSR count). The first-order valence-corrected chi connectivity index (χ1v) is 11.0. The van der Waals surface area contributed by atoms with E-state index in [1.165, 1.54) is 11.8 Å². The van der Waals surface area contributed by atoms with Crippen LogP contribution in [0, 0.1) is 0 Å². The van der Waals surface area contributed by atoms with Crippen molar-refractivity contribution in [1.82, 2.24) is 4.98 Å². The van der Waals surface area contributed by atoms with E-state index in [9.17, 15) is 19.6 Å². The van der Waals surface area contributed by atoms with Gasteiger partial charge < -0.3 is 10.2 Å². The molecule has 3 aromatic rings. The molecule has 0 fully saturated rings. The van der Waals surface area contributed by atoms with Gasteiger partial charge in [-0.3, -0.25) is 0 Å². The van der Waals surface area contributed by atoms with Crippen LogP contribution < -0.4 is 0 Å². The lowest BCUT2D eigenvalue weighted by molar-refractivity contribution is -0.155. The molecule has 7 heteroatoms. The number of carboxylic acids is 1. The number of benzene rings is 2. The first-order chi connectivity index (χ1) is 13.0. The molecule has 0 aliphatic heterocycles. The van der Waals surface area contributed by atoms with Gasteiger partial charge in [-0.15, -0.1) is 0 Å². The molecular weight excluding hydrogens is 381 g/mol. The summed E-state index contributed by atoms with van der Waals surface area (Å²) in [7, 11) is -1.92. The number of thioether (sulfide) groups is 1. The number of carboxylic acid groups (broad SMARTS) is 1. The average molecular weight is 400 g/mol. The van der Waals surface area contributed by atoms with Crippen molar-refractivity contribution in [2.45, 2.75) is 17.0 Å². The van der Waals surface area contributed by atoms with Crippen LogP contribution in [0.5, 0.6) is 0 Å². The standard InChI is InChI=1S/C20H18NO4PS/c22-19(23)20(24,12-15-6-2-1-3-7-15)13-26(25)14-27-18-11-10-16-8-4-5-9-17(16)21-18/h1-11,24H,12-14H2/p+1. The molecule has 2 aromatic carbocycles. The van der Waals surface area contributed by atoms with Crippen LogP contribution >= 0.6 is 19.6 Å². The number of pyridine rings is 1. The summed E-state index contributed by atoms with van der Waals surface area (Å²) in [6.07, 6.45) is -0.379. The van der Waals surface area contributed by atoms with Gasteiger partial charge in [-0.05, 0) is 17.7 Å². The minimum absolute atomic E-state index is 0.0802. The molecule has 5 nitrogen and oxygen atoms in total. The van der Waals surface area contributed by atoms with Crippen LogP contribution in [0.1, 0.15) is 5.56 Å². The number of carbonyl (C=O) groups is 1. The summed E-state index contributed by atoms with van der Waals surface area (Å²) in [4.78, 5) is 16.1. The van der Waals surface area contributed by atoms with E-state index in [1.807, 2.05) is 42.5 Å². The first kappa shape index (κ1) is 19.5. The number of aliphatic hydroxyl groups is 1. The van der Waals surface area contributed by atoms with E-state index < -0.39 is 19.4 Å². The van der Waals surface area contributed by atoms with E-state index in [0.29, 0.717) is 5.56 Å². The molecule has 2 atom stereocenters. The van der Waals surface area contributed by atoms with Gasteiger partial charge in [0.15, 0.2) is 11.7 Å². The Morgan fingerprint density at radius 3 is 2.48 bits per heavy atom. The average Bonchev–Trinajstić information content (AvgIpc) is 2.67. The molecule has 2 N–H and O–H groups in total. The summed E-state index contributed by atoms with van der Waals surface area (Å²) in [6, 6.07) is 20.4. The number of hydrogen-bond donors (Lipinski definition) is 2. The van der Waals surface area contributed by atoms with Crippen molar-refractivity contribution in [2.75, 3.05) is 11.7 Å². The Labute approximate surface area is 162 Å². The second-order valence-electron chi connectivity index (χ2n) is 6.25. The minimum Gasteiger partial charge on any atom is -0.479 e. The predicted octanol–water partition coefficient (Wildman–Crippen LogP) is 4.17.